The molecule has 0 bridgehead atoms. The fourth-order valence-corrected chi connectivity index (χ4v) is 2.46. The zero-order valence-corrected chi connectivity index (χ0v) is 12.0. The second kappa shape index (κ2) is 5.16. The molecule has 1 atom stereocenters. The smallest absolute Gasteiger partial charge is 0.249 e. The van der Waals surface area contributed by atoms with Gasteiger partial charge < -0.3 is 5.32 Å². The predicted octanol–water partition coefficient (Wildman–Crippen LogP) is 1.61. The van der Waals surface area contributed by atoms with Gasteiger partial charge in [0.2, 0.25) is 11.8 Å². The van der Waals surface area contributed by atoms with Gasteiger partial charge in [0.1, 0.15) is 11.6 Å². The zero-order valence-electron chi connectivity index (χ0n) is 10.4. The van der Waals surface area contributed by atoms with Crippen molar-refractivity contribution in [2.45, 2.75) is 18.9 Å². The highest BCUT2D eigenvalue weighted by molar-refractivity contribution is 9.10. The molecule has 3 heterocycles. The molecule has 2 aromatic rings. The summed E-state index contributed by atoms with van der Waals surface area (Å²) in [5, 5.41) is 5.45. The highest BCUT2D eigenvalue weighted by atomic mass is 79.9. The van der Waals surface area contributed by atoms with Gasteiger partial charge in [0.15, 0.2) is 0 Å². The van der Waals surface area contributed by atoms with Crippen molar-refractivity contribution in [3.63, 3.8) is 0 Å². The van der Waals surface area contributed by atoms with Gasteiger partial charge in [-0.3, -0.25) is 24.9 Å². The third kappa shape index (κ3) is 2.49. The van der Waals surface area contributed by atoms with Crippen LogP contribution >= 0.6 is 15.9 Å². The number of aromatic nitrogens is 2. The van der Waals surface area contributed by atoms with Crippen molar-refractivity contribution in [3.8, 4) is 0 Å². The molecule has 3 rings (SSSR count). The van der Waals surface area contributed by atoms with E-state index in [0.29, 0.717) is 18.4 Å². The van der Waals surface area contributed by atoms with Crippen LogP contribution in [0.5, 0.6) is 0 Å². The number of anilines is 1. The first-order valence-corrected chi connectivity index (χ1v) is 6.93. The van der Waals surface area contributed by atoms with E-state index < -0.39 is 6.04 Å². The first-order valence-electron chi connectivity index (χ1n) is 6.14. The Labute approximate surface area is 123 Å². The van der Waals surface area contributed by atoms with Crippen molar-refractivity contribution in [1.29, 1.82) is 0 Å². The van der Waals surface area contributed by atoms with Crippen LogP contribution in [0.3, 0.4) is 0 Å². The molecule has 0 aromatic carbocycles. The van der Waals surface area contributed by atoms with Crippen LogP contribution in [0, 0.1) is 0 Å². The first-order chi connectivity index (χ1) is 9.63. The number of hydrogen-bond acceptors (Lipinski definition) is 5. The minimum Gasteiger partial charge on any atom is -0.372 e. The quantitative estimate of drug-likeness (QED) is 0.815. The molecule has 1 aliphatic heterocycles. The number of carbonyl (C=O) groups excluding carboxylic acids is 2. The number of hydrogen-bond donors (Lipinski definition) is 2. The van der Waals surface area contributed by atoms with Crippen LogP contribution in [0.4, 0.5) is 5.69 Å². The van der Waals surface area contributed by atoms with E-state index in [1.807, 2.05) is 6.07 Å². The van der Waals surface area contributed by atoms with Crippen LogP contribution in [0.25, 0.3) is 11.0 Å². The minimum absolute atomic E-state index is 0.227. The summed E-state index contributed by atoms with van der Waals surface area (Å²) in [6, 6.07) is 3.20. The number of imide groups is 1. The molecule has 1 unspecified atom stereocenters. The summed E-state index contributed by atoms with van der Waals surface area (Å²) in [6.45, 7) is 0. The Morgan fingerprint density at radius 3 is 3.00 bits per heavy atom. The van der Waals surface area contributed by atoms with Crippen molar-refractivity contribution in [3.05, 3.63) is 29.0 Å². The monoisotopic (exact) mass is 334 g/mol. The van der Waals surface area contributed by atoms with Gasteiger partial charge in [0.25, 0.3) is 0 Å². The van der Waals surface area contributed by atoms with Crippen LogP contribution in [0.15, 0.2) is 29.0 Å². The lowest BCUT2D eigenvalue weighted by Crippen LogP contribution is -2.47. The molecular formula is C13H11BrN4O2. The summed E-state index contributed by atoms with van der Waals surface area (Å²) in [7, 11) is 0. The number of pyridine rings is 2. The van der Waals surface area contributed by atoms with E-state index in [4.69, 9.17) is 0 Å². The number of rotatable bonds is 2. The van der Waals surface area contributed by atoms with Gasteiger partial charge in [-0.15, -0.1) is 0 Å². The normalized spacial score (nSPS) is 18.9. The molecule has 2 N–H and O–H groups in total. The Bertz CT molecular complexity index is 704. The molecule has 7 heteroatoms. The maximum atomic E-state index is 11.8. The first kappa shape index (κ1) is 13.0. The third-order valence-electron chi connectivity index (χ3n) is 3.11. The number of piperidine rings is 1. The molecule has 0 saturated carbocycles. The minimum atomic E-state index is -0.427. The van der Waals surface area contributed by atoms with Crippen LogP contribution in [-0.2, 0) is 9.59 Å². The average Bonchev–Trinajstić information content (AvgIpc) is 2.41. The van der Waals surface area contributed by atoms with E-state index in [1.54, 1.807) is 18.5 Å². The molecule has 1 fully saturated rings. The Hall–Kier alpha value is -2.02. The van der Waals surface area contributed by atoms with Crippen LogP contribution < -0.4 is 10.6 Å². The lowest BCUT2D eigenvalue weighted by atomic mass is 10.1. The standard InChI is InChI=1S/C13H11BrN4O2/c14-7-5-10-12(16-6-7)8(3-4-15-10)17-9-1-2-11(19)18-13(9)20/h3-6,9H,1-2H2,(H,15,17)(H,18,19,20). The number of halogens is 1. The van der Waals surface area contributed by atoms with Crippen molar-refractivity contribution in [1.82, 2.24) is 15.3 Å². The highest BCUT2D eigenvalue weighted by Gasteiger charge is 2.26. The summed E-state index contributed by atoms with van der Waals surface area (Å²) >= 11 is 3.35. The number of carbonyl (C=O) groups is 2. The van der Waals surface area contributed by atoms with E-state index in [9.17, 15) is 9.59 Å². The molecular weight excluding hydrogens is 324 g/mol. The van der Waals surface area contributed by atoms with Crippen LogP contribution in [-0.4, -0.2) is 27.8 Å². The molecule has 1 saturated heterocycles. The molecule has 2 aromatic heterocycles. The molecule has 0 aliphatic carbocycles. The second-order valence-electron chi connectivity index (χ2n) is 4.53. The summed E-state index contributed by atoms with van der Waals surface area (Å²) < 4.78 is 0.843. The number of amides is 2. The van der Waals surface area contributed by atoms with Gasteiger partial charge in [-0.05, 0) is 34.5 Å². The number of nitrogens with one attached hydrogen (secondary N) is 2. The third-order valence-corrected chi connectivity index (χ3v) is 3.55. The molecule has 0 spiro atoms. The highest BCUT2D eigenvalue weighted by Crippen LogP contribution is 2.23. The fraction of sp³-hybridized carbons (Fsp3) is 0.231. The van der Waals surface area contributed by atoms with Crippen LogP contribution in [0.1, 0.15) is 12.8 Å². The van der Waals surface area contributed by atoms with E-state index in [2.05, 4.69) is 36.5 Å². The summed E-state index contributed by atoms with van der Waals surface area (Å²) in [5.74, 6) is -0.530. The summed E-state index contributed by atoms with van der Waals surface area (Å²) in [5.41, 5.74) is 2.16. The zero-order chi connectivity index (χ0) is 14.1. The molecule has 102 valence electrons. The largest absolute Gasteiger partial charge is 0.372 e. The SMILES string of the molecule is O=C1CCC(Nc2ccnc3cc(Br)cnc23)C(=O)N1. The van der Waals surface area contributed by atoms with Crippen molar-refractivity contribution >= 4 is 44.5 Å². The van der Waals surface area contributed by atoms with E-state index in [0.717, 1.165) is 15.7 Å². The van der Waals surface area contributed by atoms with Gasteiger partial charge in [0.05, 0.1) is 11.2 Å². The molecule has 2 amide bonds. The Balaban J connectivity index is 1.91. The van der Waals surface area contributed by atoms with Gasteiger partial charge >= 0.3 is 0 Å². The van der Waals surface area contributed by atoms with Crippen molar-refractivity contribution in [2.75, 3.05) is 5.32 Å². The number of fused-ring (bicyclic) bond motifs is 1. The topological polar surface area (TPSA) is 84.0 Å². The van der Waals surface area contributed by atoms with E-state index >= 15 is 0 Å². The van der Waals surface area contributed by atoms with Gasteiger partial charge in [-0.1, -0.05) is 0 Å². The Kier molecular flexibility index (Phi) is 3.35. The second-order valence-corrected chi connectivity index (χ2v) is 5.44. The molecule has 20 heavy (non-hydrogen) atoms. The van der Waals surface area contributed by atoms with Crippen molar-refractivity contribution in [2.24, 2.45) is 0 Å². The van der Waals surface area contributed by atoms with Gasteiger partial charge in [-0.25, -0.2) is 0 Å². The van der Waals surface area contributed by atoms with E-state index in [1.165, 1.54) is 0 Å². The average molecular weight is 335 g/mol. The summed E-state index contributed by atoms with van der Waals surface area (Å²) in [4.78, 5) is 31.5. The summed E-state index contributed by atoms with van der Waals surface area (Å²) in [6.07, 6.45) is 4.15. The fourth-order valence-electron chi connectivity index (χ4n) is 2.14. The van der Waals surface area contributed by atoms with Crippen LogP contribution in [0.2, 0.25) is 0 Å². The maximum absolute atomic E-state index is 11.8. The molecule has 0 radical (unpaired) electrons. The predicted molar refractivity (Wildman–Crippen MR) is 77.0 cm³/mol. The maximum Gasteiger partial charge on any atom is 0.249 e. The lowest BCUT2D eigenvalue weighted by molar-refractivity contribution is -0.133. The van der Waals surface area contributed by atoms with Gasteiger partial charge in [0, 0.05) is 23.3 Å². The molecule has 6 nitrogen and oxygen atoms in total. The van der Waals surface area contributed by atoms with Gasteiger partial charge in [-0.2, -0.15) is 0 Å². The number of nitrogens with zero attached hydrogens (tertiary/aromatic N) is 2. The van der Waals surface area contributed by atoms with Crippen molar-refractivity contribution < 1.29 is 9.59 Å². The Morgan fingerprint density at radius 1 is 1.35 bits per heavy atom. The Morgan fingerprint density at radius 2 is 2.20 bits per heavy atom. The lowest BCUT2D eigenvalue weighted by Gasteiger charge is -2.23. The van der Waals surface area contributed by atoms with E-state index in [-0.39, 0.29) is 11.8 Å². The molecule has 1 aliphatic rings.